The van der Waals surface area contributed by atoms with Gasteiger partial charge in [-0.15, -0.1) is 0 Å². The summed E-state index contributed by atoms with van der Waals surface area (Å²) in [6.45, 7) is 11.6. The Morgan fingerprint density at radius 2 is 1.83 bits per heavy atom. The van der Waals surface area contributed by atoms with Gasteiger partial charge in [0.15, 0.2) is 0 Å². The van der Waals surface area contributed by atoms with Gasteiger partial charge in [-0.25, -0.2) is 0 Å². The minimum absolute atomic E-state index is 0.0478. The highest BCUT2D eigenvalue weighted by Gasteiger charge is 2.23. The summed E-state index contributed by atoms with van der Waals surface area (Å²) in [5, 5.41) is 14.4. The minimum atomic E-state index is -0.668. The van der Waals surface area contributed by atoms with E-state index in [1.54, 1.807) is 0 Å². The molecule has 1 N–H and O–H groups in total. The van der Waals surface area contributed by atoms with Crippen LogP contribution in [0.3, 0.4) is 0 Å². The van der Waals surface area contributed by atoms with E-state index in [1.165, 1.54) is 5.56 Å². The first-order valence-corrected chi connectivity index (χ1v) is 6.43. The van der Waals surface area contributed by atoms with Crippen LogP contribution in [0, 0.1) is 0 Å². The summed E-state index contributed by atoms with van der Waals surface area (Å²) < 4.78 is 1.87. The van der Waals surface area contributed by atoms with Crippen molar-refractivity contribution in [3.05, 3.63) is 17.5 Å². The molecule has 0 aliphatic carbocycles. The lowest BCUT2D eigenvalue weighted by Gasteiger charge is -2.26. The molecule has 104 valence electrons. The molecule has 1 aromatic heterocycles. The molecule has 18 heavy (non-hydrogen) atoms. The van der Waals surface area contributed by atoms with E-state index >= 15 is 0 Å². The fraction of sp³-hybridized carbons (Fsp3) is 0.786. The molecule has 0 spiro atoms. The molecule has 0 saturated heterocycles. The standard InChI is InChI=1S/C14H27N3O/c1-13(2,3)12-11(9-17(7)15-12)8-16(6)10-14(4,5)18/h9,18H,8,10H2,1-7H3. The van der Waals surface area contributed by atoms with Crippen LogP contribution in [-0.4, -0.2) is 39.0 Å². The molecular formula is C14H27N3O. The van der Waals surface area contributed by atoms with Crippen molar-refractivity contribution in [3.63, 3.8) is 0 Å². The normalized spacial score (nSPS) is 13.4. The molecule has 0 aliphatic heterocycles. The van der Waals surface area contributed by atoms with Crippen LogP contribution in [0.1, 0.15) is 45.9 Å². The lowest BCUT2D eigenvalue weighted by atomic mass is 9.89. The Morgan fingerprint density at radius 1 is 1.28 bits per heavy atom. The summed E-state index contributed by atoms with van der Waals surface area (Å²) in [4.78, 5) is 2.13. The monoisotopic (exact) mass is 253 g/mol. The number of aryl methyl sites for hydroxylation is 1. The first-order chi connectivity index (χ1) is 7.99. The first kappa shape index (κ1) is 15.2. The molecule has 0 radical (unpaired) electrons. The van der Waals surface area contributed by atoms with Gasteiger partial charge in [-0.1, -0.05) is 20.8 Å². The molecule has 4 nitrogen and oxygen atoms in total. The number of hydrogen-bond donors (Lipinski definition) is 1. The van der Waals surface area contributed by atoms with Crippen LogP contribution in [0.4, 0.5) is 0 Å². The van der Waals surface area contributed by atoms with Crippen molar-refractivity contribution in [1.82, 2.24) is 14.7 Å². The second-order valence-electron chi connectivity index (χ2n) is 6.91. The van der Waals surface area contributed by atoms with Crippen LogP contribution in [-0.2, 0) is 19.0 Å². The molecule has 0 amide bonds. The molecule has 4 heteroatoms. The third kappa shape index (κ3) is 4.42. The van der Waals surface area contributed by atoms with Crippen molar-refractivity contribution >= 4 is 0 Å². The number of aliphatic hydroxyl groups is 1. The van der Waals surface area contributed by atoms with Gasteiger partial charge in [0.2, 0.25) is 0 Å². The summed E-state index contributed by atoms with van der Waals surface area (Å²) in [5.41, 5.74) is 1.75. The first-order valence-electron chi connectivity index (χ1n) is 6.43. The predicted octanol–water partition coefficient (Wildman–Crippen LogP) is 1.92. The van der Waals surface area contributed by atoms with Gasteiger partial charge in [-0.05, 0) is 20.9 Å². The molecule has 0 aliphatic rings. The number of likely N-dealkylation sites (N-methyl/N-ethyl adjacent to an activating group) is 1. The van der Waals surface area contributed by atoms with Crippen molar-refractivity contribution in [2.24, 2.45) is 7.05 Å². The van der Waals surface area contributed by atoms with Crippen LogP contribution in [0.5, 0.6) is 0 Å². The maximum atomic E-state index is 9.84. The van der Waals surface area contributed by atoms with E-state index in [4.69, 9.17) is 0 Å². The van der Waals surface area contributed by atoms with E-state index < -0.39 is 5.60 Å². The van der Waals surface area contributed by atoms with Crippen LogP contribution >= 0.6 is 0 Å². The lowest BCUT2D eigenvalue weighted by molar-refractivity contribution is 0.0423. The highest BCUT2D eigenvalue weighted by Crippen LogP contribution is 2.25. The number of nitrogens with zero attached hydrogens (tertiary/aromatic N) is 3. The zero-order chi connectivity index (χ0) is 14.1. The van der Waals surface area contributed by atoms with Gasteiger partial charge in [0, 0.05) is 37.3 Å². The summed E-state index contributed by atoms with van der Waals surface area (Å²) >= 11 is 0. The van der Waals surface area contributed by atoms with Gasteiger partial charge in [0.05, 0.1) is 11.3 Å². The van der Waals surface area contributed by atoms with E-state index in [0.29, 0.717) is 6.54 Å². The largest absolute Gasteiger partial charge is 0.389 e. The van der Waals surface area contributed by atoms with Crippen LogP contribution in [0.15, 0.2) is 6.20 Å². The summed E-state index contributed by atoms with van der Waals surface area (Å²) in [6.07, 6.45) is 2.07. The van der Waals surface area contributed by atoms with Crippen molar-refractivity contribution in [3.8, 4) is 0 Å². The predicted molar refractivity (Wildman–Crippen MR) is 74.5 cm³/mol. The average Bonchev–Trinajstić information content (AvgIpc) is 2.41. The number of hydrogen-bond acceptors (Lipinski definition) is 3. The average molecular weight is 253 g/mol. The van der Waals surface area contributed by atoms with Gasteiger partial charge in [0.1, 0.15) is 0 Å². The SMILES string of the molecule is CN(Cc1cn(C)nc1C(C)(C)C)CC(C)(C)O. The Hall–Kier alpha value is -0.870. The molecule has 0 bridgehead atoms. The zero-order valence-electron chi connectivity index (χ0n) is 12.8. The molecule has 0 aromatic carbocycles. The Bertz CT molecular complexity index is 396. The highest BCUT2D eigenvalue weighted by atomic mass is 16.3. The lowest BCUT2D eigenvalue weighted by Crippen LogP contribution is -2.36. The second kappa shape index (κ2) is 5.02. The smallest absolute Gasteiger partial charge is 0.0722 e. The Balaban J connectivity index is 2.85. The molecule has 1 heterocycles. The third-order valence-electron chi connectivity index (χ3n) is 2.71. The molecular weight excluding hydrogens is 226 g/mol. The molecule has 1 rings (SSSR count). The fourth-order valence-corrected chi connectivity index (χ4v) is 2.29. The maximum absolute atomic E-state index is 9.84. The summed E-state index contributed by atoms with van der Waals surface area (Å²) in [5.74, 6) is 0. The van der Waals surface area contributed by atoms with Gasteiger partial charge < -0.3 is 5.11 Å². The summed E-state index contributed by atoms with van der Waals surface area (Å²) in [7, 11) is 3.98. The van der Waals surface area contributed by atoms with E-state index in [9.17, 15) is 5.11 Å². The number of rotatable bonds is 4. The van der Waals surface area contributed by atoms with Gasteiger partial charge in [-0.3, -0.25) is 9.58 Å². The second-order valence-corrected chi connectivity index (χ2v) is 6.91. The van der Waals surface area contributed by atoms with Gasteiger partial charge in [0.25, 0.3) is 0 Å². The van der Waals surface area contributed by atoms with Crippen LogP contribution in [0.25, 0.3) is 0 Å². The Morgan fingerprint density at radius 3 is 2.28 bits per heavy atom. The van der Waals surface area contributed by atoms with Crippen LogP contribution < -0.4 is 0 Å². The van der Waals surface area contributed by atoms with E-state index in [1.807, 2.05) is 32.6 Å². The Kier molecular flexibility index (Phi) is 4.23. The topological polar surface area (TPSA) is 41.3 Å². The highest BCUT2D eigenvalue weighted by molar-refractivity contribution is 5.23. The van der Waals surface area contributed by atoms with Gasteiger partial charge in [-0.2, -0.15) is 5.10 Å². The van der Waals surface area contributed by atoms with Crippen molar-refractivity contribution in [2.75, 3.05) is 13.6 Å². The van der Waals surface area contributed by atoms with E-state index in [0.717, 1.165) is 12.2 Å². The van der Waals surface area contributed by atoms with E-state index in [2.05, 4.69) is 37.0 Å². The quantitative estimate of drug-likeness (QED) is 0.891. The molecule has 0 atom stereocenters. The summed E-state index contributed by atoms with van der Waals surface area (Å²) in [6, 6.07) is 0. The van der Waals surface area contributed by atoms with Gasteiger partial charge >= 0.3 is 0 Å². The maximum Gasteiger partial charge on any atom is 0.0722 e. The van der Waals surface area contributed by atoms with Crippen molar-refractivity contribution in [2.45, 2.75) is 52.2 Å². The fourth-order valence-electron chi connectivity index (χ4n) is 2.29. The number of aromatic nitrogens is 2. The molecule has 0 unspecified atom stereocenters. The molecule has 1 aromatic rings. The minimum Gasteiger partial charge on any atom is -0.389 e. The third-order valence-corrected chi connectivity index (χ3v) is 2.71. The van der Waals surface area contributed by atoms with E-state index in [-0.39, 0.29) is 5.41 Å². The zero-order valence-corrected chi connectivity index (χ0v) is 12.8. The van der Waals surface area contributed by atoms with Crippen LogP contribution in [0.2, 0.25) is 0 Å². The van der Waals surface area contributed by atoms with Crippen molar-refractivity contribution in [1.29, 1.82) is 0 Å². The van der Waals surface area contributed by atoms with Crippen molar-refractivity contribution < 1.29 is 5.11 Å². The molecule has 0 fully saturated rings. The molecule has 0 saturated carbocycles. The Labute approximate surface area is 111 Å².